The number of hydrogen-bond acceptors (Lipinski definition) is 4. The summed E-state index contributed by atoms with van der Waals surface area (Å²) >= 11 is 9.28. The van der Waals surface area contributed by atoms with Crippen LogP contribution in [0.1, 0.15) is 16.7 Å². The Hall–Kier alpha value is -2.34. The van der Waals surface area contributed by atoms with Gasteiger partial charge in [0.05, 0.1) is 22.5 Å². The number of anilines is 1. The van der Waals surface area contributed by atoms with E-state index in [1.807, 2.05) is 49.4 Å². The lowest BCUT2D eigenvalue weighted by Crippen LogP contribution is -2.31. The fourth-order valence-electron chi connectivity index (χ4n) is 3.14. The minimum Gasteiger partial charge on any atom is -0.283 e. The zero-order chi connectivity index (χ0) is 21.1. The van der Waals surface area contributed by atoms with Gasteiger partial charge in [-0.05, 0) is 49.2 Å². The van der Waals surface area contributed by atoms with Gasteiger partial charge in [-0.2, -0.15) is 0 Å². The fraction of sp³-hybridized carbons (Fsp3) is 0.167. The van der Waals surface area contributed by atoms with Gasteiger partial charge in [0, 0.05) is 9.92 Å². The third kappa shape index (κ3) is 4.86. The predicted molar refractivity (Wildman–Crippen MR) is 129 cm³/mol. The maximum absolute atomic E-state index is 13.3. The van der Waals surface area contributed by atoms with Crippen molar-refractivity contribution in [1.29, 1.82) is 0 Å². The number of carbonyl (C=O) groups excluding carboxylic acids is 1. The first-order chi connectivity index (χ1) is 14.5. The van der Waals surface area contributed by atoms with Gasteiger partial charge in [0.2, 0.25) is 5.91 Å². The number of fused-ring (bicyclic) bond motifs is 1. The molecule has 0 aliphatic carbocycles. The van der Waals surface area contributed by atoms with Gasteiger partial charge < -0.3 is 0 Å². The molecule has 0 bridgehead atoms. The Balaban J connectivity index is 1.63. The Bertz CT molecular complexity index is 1170. The van der Waals surface area contributed by atoms with Crippen molar-refractivity contribution in [3.63, 3.8) is 0 Å². The highest BCUT2D eigenvalue weighted by atomic mass is 35.5. The summed E-state index contributed by atoms with van der Waals surface area (Å²) in [7, 11) is 0. The maximum atomic E-state index is 13.3. The molecule has 3 aromatic carbocycles. The highest BCUT2D eigenvalue weighted by molar-refractivity contribution is 8.00. The highest BCUT2D eigenvalue weighted by Gasteiger charge is 2.21. The second-order valence-electron chi connectivity index (χ2n) is 7.13. The second-order valence-corrected chi connectivity index (χ2v) is 9.63. The molecule has 1 amide bonds. The molecule has 4 rings (SSSR count). The Morgan fingerprint density at radius 2 is 1.80 bits per heavy atom. The van der Waals surface area contributed by atoms with Crippen LogP contribution in [-0.4, -0.2) is 16.6 Å². The Labute approximate surface area is 189 Å². The van der Waals surface area contributed by atoms with E-state index in [2.05, 4.69) is 31.2 Å². The number of rotatable bonds is 6. The van der Waals surface area contributed by atoms with Gasteiger partial charge in [0.25, 0.3) is 0 Å². The van der Waals surface area contributed by atoms with Crippen LogP contribution in [0.4, 0.5) is 5.13 Å². The van der Waals surface area contributed by atoms with Crippen LogP contribution >= 0.6 is 34.7 Å². The maximum Gasteiger partial charge on any atom is 0.239 e. The molecule has 1 aromatic heterocycles. The van der Waals surface area contributed by atoms with Gasteiger partial charge in [-0.3, -0.25) is 9.69 Å². The molecule has 6 heteroatoms. The van der Waals surface area contributed by atoms with Crippen molar-refractivity contribution in [1.82, 2.24) is 4.98 Å². The molecule has 0 atom stereocenters. The predicted octanol–water partition coefficient (Wildman–Crippen LogP) is 6.89. The van der Waals surface area contributed by atoms with Crippen LogP contribution in [0.25, 0.3) is 10.2 Å². The summed E-state index contributed by atoms with van der Waals surface area (Å²) in [5.41, 5.74) is 4.19. The average molecular weight is 453 g/mol. The van der Waals surface area contributed by atoms with Crippen molar-refractivity contribution >= 4 is 56.0 Å². The average Bonchev–Trinajstić information content (AvgIpc) is 3.16. The van der Waals surface area contributed by atoms with Crippen molar-refractivity contribution in [2.24, 2.45) is 0 Å². The smallest absolute Gasteiger partial charge is 0.239 e. The quantitative estimate of drug-likeness (QED) is 0.298. The molecule has 0 radical (unpaired) electrons. The van der Waals surface area contributed by atoms with E-state index in [1.165, 1.54) is 16.9 Å². The van der Waals surface area contributed by atoms with Gasteiger partial charge in [-0.1, -0.05) is 71.0 Å². The number of carbonyl (C=O) groups is 1. The second kappa shape index (κ2) is 9.21. The Kier molecular flexibility index (Phi) is 6.42. The molecule has 30 heavy (non-hydrogen) atoms. The monoisotopic (exact) mass is 452 g/mol. The summed E-state index contributed by atoms with van der Waals surface area (Å²) in [5, 5.41) is 1.39. The van der Waals surface area contributed by atoms with Gasteiger partial charge in [0.15, 0.2) is 5.13 Å². The van der Waals surface area contributed by atoms with Crippen molar-refractivity contribution in [2.75, 3.05) is 10.7 Å². The molecular formula is C24H21ClN2OS2. The van der Waals surface area contributed by atoms with E-state index < -0.39 is 0 Å². The summed E-state index contributed by atoms with van der Waals surface area (Å²) in [6.07, 6.45) is 0. The molecule has 0 N–H and O–H groups in total. The zero-order valence-electron chi connectivity index (χ0n) is 16.8. The topological polar surface area (TPSA) is 33.2 Å². The number of hydrogen-bond donors (Lipinski definition) is 0. The molecule has 152 valence electrons. The van der Waals surface area contributed by atoms with Crippen molar-refractivity contribution < 1.29 is 4.79 Å². The Morgan fingerprint density at radius 1 is 1.07 bits per heavy atom. The summed E-state index contributed by atoms with van der Waals surface area (Å²) in [4.78, 5) is 20.9. The lowest BCUT2D eigenvalue weighted by atomic mass is 10.2. The molecule has 0 aliphatic rings. The van der Waals surface area contributed by atoms with Crippen LogP contribution in [-0.2, 0) is 11.3 Å². The standard InChI is InChI=1S/C24H21ClN2OS2/c1-16-8-10-20(11-9-16)29-15-22(28)27(14-18-6-4-3-5-7-18)24-26-23-17(2)12-19(25)13-21(23)30-24/h3-13H,14-15H2,1-2H3. The molecule has 0 fully saturated rings. The van der Waals surface area contributed by atoms with Crippen molar-refractivity contribution in [2.45, 2.75) is 25.3 Å². The summed E-state index contributed by atoms with van der Waals surface area (Å²) in [6, 6.07) is 22.1. The highest BCUT2D eigenvalue weighted by Crippen LogP contribution is 2.34. The number of aryl methyl sites for hydroxylation is 2. The van der Waals surface area contributed by atoms with E-state index in [0.717, 1.165) is 26.2 Å². The Morgan fingerprint density at radius 3 is 2.53 bits per heavy atom. The molecule has 1 heterocycles. The van der Waals surface area contributed by atoms with Crippen LogP contribution in [0, 0.1) is 13.8 Å². The number of thiazole rings is 1. The van der Waals surface area contributed by atoms with E-state index in [9.17, 15) is 4.79 Å². The van der Waals surface area contributed by atoms with Crippen LogP contribution in [0.2, 0.25) is 5.02 Å². The largest absolute Gasteiger partial charge is 0.283 e. The van der Waals surface area contributed by atoms with E-state index in [1.54, 1.807) is 16.7 Å². The van der Waals surface area contributed by atoms with Crippen LogP contribution < -0.4 is 4.90 Å². The van der Waals surface area contributed by atoms with Gasteiger partial charge >= 0.3 is 0 Å². The zero-order valence-corrected chi connectivity index (χ0v) is 19.2. The third-order valence-electron chi connectivity index (χ3n) is 4.74. The van der Waals surface area contributed by atoms with E-state index >= 15 is 0 Å². The van der Waals surface area contributed by atoms with Crippen molar-refractivity contribution in [3.8, 4) is 0 Å². The normalized spacial score (nSPS) is 11.0. The SMILES string of the molecule is Cc1ccc(SCC(=O)N(Cc2ccccc2)c2nc3c(C)cc(Cl)cc3s2)cc1. The van der Waals surface area contributed by atoms with E-state index in [0.29, 0.717) is 22.5 Å². The molecule has 0 saturated carbocycles. The number of halogens is 1. The first kappa shape index (κ1) is 20.9. The van der Waals surface area contributed by atoms with E-state index in [-0.39, 0.29) is 5.91 Å². The lowest BCUT2D eigenvalue weighted by Gasteiger charge is -2.20. The van der Waals surface area contributed by atoms with Gasteiger partial charge in [-0.25, -0.2) is 4.98 Å². The summed E-state index contributed by atoms with van der Waals surface area (Å²) in [6.45, 7) is 4.54. The molecule has 3 nitrogen and oxygen atoms in total. The number of amides is 1. The number of nitrogens with zero attached hydrogens (tertiary/aromatic N) is 2. The summed E-state index contributed by atoms with van der Waals surface area (Å²) < 4.78 is 0.993. The lowest BCUT2D eigenvalue weighted by molar-refractivity contribution is -0.116. The number of thioether (sulfide) groups is 1. The number of aromatic nitrogens is 1. The van der Waals surface area contributed by atoms with Crippen molar-refractivity contribution in [3.05, 3.63) is 88.4 Å². The molecular weight excluding hydrogens is 432 g/mol. The first-order valence-corrected chi connectivity index (χ1v) is 11.8. The minimum absolute atomic E-state index is 0.0345. The molecule has 0 aliphatic heterocycles. The summed E-state index contributed by atoms with van der Waals surface area (Å²) in [5.74, 6) is 0.387. The number of benzene rings is 3. The van der Waals surface area contributed by atoms with E-state index in [4.69, 9.17) is 16.6 Å². The molecule has 0 saturated heterocycles. The van der Waals surface area contributed by atoms with Crippen LogP contribution in [0.3, 0.4) is 0 Å². The van der Waals surface area contributed by atoms with Gasteiger partial charge in [0.1, 0.15) is 0 Å². The van der Waals surface area contributed by atoms with Gasteiger partial charge in [-0.15, -0.1) is 11.8 Å². The first-order valence-electron chi connectivity index (χ1n) is 9.60. The molecule has 0 unspecified atom stereocenters. The fourth-order valence-corrected chi connectivity index (χ4v) is 5.36. The molecule has 4 aromatic rings. The third-order valence-corrected chi connectivity index (χ3v) is 6.98. The molecule has 0 spiro atoms. The van der Waals surface area contributed by atoms with Crippen LogP contribution in [0.5, 0.6) is 0 Å². The minimum atomic E-state index is 0.0345. The van der Waals surface area contributed by atoms with Crippen LogP contribution in [0.15, 0.2) is 71.6 Å².